The normalized spacial score (nSPS) is 19.0. The second kappa shape index (κ2) is 21.1. The number of halogens is 1. The van der Waals surface area contributed by atoms with Crippen LogP contribution in [0.1, 0.15) is 65.1 Å². The van der Waals surface area contributed by atoms with Crippen molar-refractivity contribution in [2.24, 2.45) is 11.8 Å². The lowest BCUT2D eigenvalue weighted by molar-refractivity contribution is -0.146. The van der Waals surface area contributed by atoms with Crippen LogP contribution in [0.15, 0.2) is 66.9 Å². The quantitative estimate of drug-likeness (QED) is 0.100. The number of aldehydes is 1. The highest BCUT2D eigenvalue weighted by molar-refractivity contribution is 5.97. The van der Waals surface area contributed by atoms with Crippen LogP contribution in [0.3, 0.4) is 0 Å². The van der Waals surface area contributed by atoms with Gasteiger partial charge in [-0.15, -0.1) is 12.4 Å². The van der Waals surface area contributed by atoms with Crippen LogP contribution in [0.2, 0.25) is 0 Å². The molecule has 1 aromatic heterocycles. The summed E-state index contributed by atoms with van der Waals surface area (Å²) in [5.74, 6) is 1.27. The highest BCUT2D eigenvalue weighted by atomic mass is 35.5. The fourth-order valence-corrected chi connectivity index (χ4v) is 5.38. The number of Topliss-reactive ketones (excluding diaryl/α,β-unsaturated/α-hetero) is 1. The molecule has 4 unspecified atom stereocenters. The SMILES string of the molecule is CCCC=CC=CC1CC(O)C(O)C(=O)C1C=O.CCOc1ccc(Cc2nccc3cc(OCC)c(OCC)cc23)cc1OCC.Cl. The number of hydrogen-bond acceptors (Lipinski definition) is 9. The van der Waals surface area contributed by atoms with Crippen LogP contribution in [-0.4, -0.2) is 65.9 Å². The third-order valence-electron chi connectivity index (χ3n) is 7.66. The first-order valence-corrected chi connectivity index (χ1v) is 16.6. The van der Waals surface area contributed by atoms with E-state index in [1.54, 1.807) is 12.2 Å². The molecule has 0 aliphatic heterocycles. The fourth-order valence-electron chi connectivity index (χ4n) is 5.38. The van der Waals surface area contributed by atoms with E-state index in [4.69, 9.17) is 18.9 Å². The van der Waals surface area contributed by atoms with Crippen molar-refractivity contribution in [2.75, 3.05) is 26.4 Å². The Labute approximate surface area is 290 Å². The molecule has 1 aliphatic carbocycles. The van der Waals surface area contributed by atoms with Crippen molar-refractivity contribution in [1.82, 2.24) is 4.98 Å². The van der Waals surface area contributed by atoms with E-state index >= 15 is 0 Å². The first-order valence-electron chi connectivity index (χ1n) is 16.6. The number of carbonyl (C=O) groups is 2. The van der Waals surface area contributed by atoms with Gasteiger partial charge in [0.1, 0.15) is 12.4 Å². The summed E-state index contributed by atoms with van der Waals surface area (Å²) in [4.78, 5) is 27.2. The monoisotopic (exact) mass is 683 g/mol. The number of aliphatic hydroxyl groups excluding tert-OH is 2. The van der Waals surface area contributed by atoms with E-state index < -0.39 is 23.9 Å². The van der Waals surface area contributed by atoms with Crippen molar-refractivity contribution >= 4 is 35.2 Å². The number of ether oxygens (including phenoxy) is 4. The summed E-state index contributed by atoms with van der Waals surface area (Å²) >= 11 is 0. The number of fused-ring (bicyclic) bond motifs is 1. The molecule has 1 fully saturated rings. The van der Waals surface area contributed by atoms with Gasteiger partial charge in [0, 0.05) is 18.0 Å². The zero-order chi connectivity index (χ0) is 34.2. The molecule has 2 N–H and O–H groups in total. The van der Waals surface area contributed by atoms with Gasteiger partial charge in [0.15, 0.2) is 28.8 Å². The Bertz CT molecular complexity index is 1510. The number of hydrogen-bond donors (Lipinski definition) is 2. The van der Waals surface area contributed by atoms with Crippen LogP contribution in [0.4, 0.5) is 0 Å². The first kappa shape index (κ1) is 40.3. The number of carbonyl (C=O) groups excluding carboxylic acids is 2. The highest BCUT2D eigenvalue weighted by Gasteiger charge is 2.41. The van der Waals surface area contributed by atoms with E-state index in [1.807, 2.05) is 76.4 Å². The van der Waals surface area contributed by atoms with Gasteiger partial charge in [-0.25, -0.2) is 0 Å². The maximum atomic E-state index is 11.6. The van der Waals surface area contributed by atoms with Crippen molar-refractivity contribution in [2.45, 2.75) is 72.5 Å². The van der Waals surface area contributed by atoms with Crippen LogP contribution in [0.5, 0.6) is 23.0 Å². The summed E-state index contributed by atoms with van der Waals surface area (Å²) in [6, 6.07) is 12.1. The van der Waals surface area contributed by atoms with Gasteiger partial charge < -0.3 is 34.0 Å². The molecule has 262 valence electrons. The fraction of sp³-hybridized carbons (Fsp3) is 0.447. The maximum Gasteiger partial charge on any atom is 0.174 e. The van der Waals surface area contributed by atoms with E-state index in [1.165, 1.54) is 0 Å². The second-order valence-electron chi connectivity index (χ2n) is 11.0. The van der Waals surface area contributed by atoms with E-state index in [9.17, 15) is 19.8 Å². The van der Waals surface area contributed by atoms with Crippen LogP contribution in [0, 0.1) is 11.8 Å². The molecule has 3 aromatic rings. The van der Waals surface area contributed by atoms with Gasteiger partial charge in [-0.3, -0.25) is 9.78 Å². The predicted molar refractivity (Wildman–Crippen MR) is 191 cm³/mol. The third-order valence-corrected chi connectivity index (χ3v) is 7.66. The van der Waals surface area contributed by atoms with E-state index in [0.717, 1.165) is 57.9 Å². The number of ketones is 1. The Hall–Kier alpha value is -3.92. The van der Waals surface area contributed by atoms with Gasteiger partial charge in [-0.05, 0) is 87.7 Å². The maximum absolute atomic E-state index is 11.6. The van der Waals surface area contributed by atoms with Crippen LogP contribution < -0.4 is 18.9 Å². The van der Waals surface area contributed by atoms with Gasteiger partial charge in [-0.2, -0.15) is 0 Å². The van der Waals surface area contributed by atoms with Gasteiger partial charge in [0.2, 0.25) is 0 Å². The Kier molecular flexibility index (Phi) is 17.7. The minimum Gasteiger partial charge on any atom is -0.490 e. The number of aromatic nitrogens is 1. The summed E-state index contributed by atoms with van der Waals surface area (Å²) in [7, 11) is 0. The molecule has 4 atom stereocenters. The average Bonchev–Trinajstić information content (AvgIpc) is 3.06. The Morgan fingerprint density at radius 1 is 0.833 bits per heavy atom. The summed E-state index contributed by atoms with van der Waals surface area (Å²) in [5, 5.41) is 21.1. The topological polar surface area (TPSA) is 124 Å². The number of allylic oxidation sites excluding steroid dienone is 4. The van der Waals surface area contributed by atoms with Crippen molar-refractivity contribution in [3.8, 4) is 23.0 Å². The number of pyridine rings is 1. The molecule has 10 heteroatoms. The van der Waals surface area contributed by atoms with E-state index in [-0.39, 0.29) is 24.7 Å². The Morgan fingerprint density at radius 2 is 1.46 bits per heavy atom. The van der Waals surface area contributed by atoms with Gasteiger partial charge in [-0.1, -0.05) is 43.7 Å². The molecule has 0 saturated heterocycles. The van der Waals surface area contributed by atoms with Gasteiger partial charge >= 0.3 is 0 Å². The average molecular weight is 684 g/mol. The molecule has 2 aromatic carbocycles. The molecular formula is C38H50ClNO8. The molecule has 9 nitrogen and oxygen atoms in total. The summed E-state index contributed by atoms with van der Waals surface area (Å²) < 4.78 is 23.0. The minimum absolute atomic E-state index is 0. The number of unbranched alkanes of at least 4 members (excludes halogenated alkanes) is 1. The summed E-state index contributed by atoms with van der Waals surface area (Å²) in [6.45, 7) is 12.3. The Balaban J connectivity index is 0.000000364. The lowest BCUT2D eigenvalue weighted by Crippen LogP contribution is -2.47. The molecule has 0 radical (unpaired) electrons. The molecule has 0 bridgehead atoms. The summed E-state index contributed by atoms with van der Waals surface area (Å²) in [5.41, 5.74) is 2.10. The van der Waals surface area contributed by atoms with E-state index in [0.29, 0.717) is 39.1 Å². The molecule has 1 heterocycles. The molecule has 1 aliphatic rings. The molecule has 0 spiro atoms. The highest BCUT2D eigenvalue weighted by Crippen LogP contribution is 2.35. The van der Waals surface area contributed by atoms with Gasteiger partial charge in [0.05, 0.1) is 44.1 Å². The number of aliphatic hydroxyl groups is 2. The number of nitrogens with zero attached hydrogens (tertiary/aromatic N) is 1. The summed E-state index contributed by atoms with van der Waals surface area (Å²) in [6.07, 6.45) is 10.2. The molecule has 4 rings (SSSR count). The predicted octanol–water partition coefficient (Wildman–Crippen LogP) is 6.87. The largest absolute Gasteiger partial charge is 0.490 e. The van der Waals surface area contributed by atoms with Crippen molar-refractivity contribution in [3.05, 3.63) is 78.2 Å². The van der Waals surface area contributed by atoms with Crippen LogP contribution >= 0.6 is 12.4 Å². The zero-order valence-electron chi connectivity index (χ0n) is 28.6. The van der Waals surface area contributed by atoms with E-state index in [2.05, 4.69) is 18.0 Å². The molecule has 48 heavy (non-hydrogen) atoms. The van der Waals surface area contributed by atoms with Gasteiger partial charge in [0.25, 0.3) is 0 Å². The number of rotatable bonds is 15. The Morgan fingerprint density at radius 3 is 2.08 bits per heavy atom. The van der Waals surface area contributed by atoms with Crippen molar-refractivity contribution in [3.63, 3.8) is 0 Å². The second-order valence-corrected chi connectivity index (χ2v) is 11.0. The zero-order valence-corrected chi connectivity index (χ0v) is 29.4. The standard InChI is InChI=1S/C24H29NO4.C14H20O4.ClH/c1-5-26-21-10-9-17(14-22(21)27-6-2)13-20-19-16-24(29-8-4)23(28-7-3)15-18(19)11-12-25-20;1-2-3-4-5-6-7-10-8-12(16)14(18)13(17)11(10)9-15;/h9-12,14-16H,5-8,13H2,1-4H3;4-7,9-12,14,16,18H,2-3,8H2,1H3;1H. The van der Waals surface area contributed by atoms with Crippen molar-refractivity contribution < 1.29 is 38.7 Å². The van der Waals surface area contributed by atoms with Crippen LogP contribution in [-0.2, 0) is 16.0 Å². The van der Waals surface area contributed by atoms with Crippen molar-refractivity contribution in [1.29, 1.82) is 0 Å². The first-order chi connectivity index (χ1) is 22.8. The lowest BCUT2D eigenvalue weighted by atomic mass is 9.76. The lowest BCUT2D eigenvalue weighted by Gasteiger charge is -2.31. The number of benzene rings is 2. The molecular weight excluding hydrogens is 634 g/mol. The smallest absolute Gasteiger partial charge is 0.174 e. The molecule has 0 amide bonds. The van der Waals surface area contributed by atoms with Crippen LogP contribution in [0.25, 0.3) is 10.8 Å². The minimum atomic E-state index is -1.43. The third kappa shape index (κ3) is 11.1. The molecule has 1 saturated carbocycles.